The minimum absolute atomic E-state index is 0.0744. The first-order chi connectivity index (χ1) is 14.7. The summed E-state index contributed by atoms with van der Waals surface area (Å²) in [4.78, 5) is 8.82. The molecule has 11 heteroatoms. The zero-order chi connectivity index (χ0) is 22.3. The van der Waals surface area contributed by atoms with Gasteiger partial charge in [0, 0.05) is 23.9 Å². The van der Waals surface area contributed by atoms with Gasteiger partial charge in [-0.15, -0.1) is 0 Å². The molecule has 1 N–H and O–H groups in total. The molecule has 1 atom stereocenters. The minimum Gasteiger partial charge on any atom is -0.493 e. The van der Waals surface area contributed by atoms with Gasteiger partial charge in [0.2, 0.25) is 0 Å². The van der Waals surface area contributed by atoms with Gasteiger partial charge in [0.1, 0.15) is 12.1 Å². The van der Waals surface area contributed by atoms with E-state index in [2.05, 4.69) is 15.1 Å². The van der Waals surface area contributed by atoms with Crippen molar-refractivity contribution in [2.45, 2.75) is 19.2 Å². The Hall–Kier alpha value is -3.60. The first-order valence-corrected chi connectivity index (χ1v) is 9.14. The second kappa shape index (κ2) is 7.58. The second-order valence-electron chi connectivity index (χ2n) is 6.71. The van der Waals surface area contributed by atoms with Gasteiger partial charge >= 0.3 is 6.18 Å². The van der Waals surface area contributed by atoms with Crippen molar-refractivity contribution < 1.29 is 27.8 Å². The largest absolute Gasteiger partial charge is 0.493 e. The first kappa shape index (κ1) is 20.7. The normalized spacial score (nSPS) is 12.9. The van der Waals surface area contributed by atoms with E-state index in [0.717, 1.165) is 16.9 Å². The van der Waals surface area contributed by atoms with Crippen LogP contribution in [0.5, 0.6) is 11.5 Å². The van der Waals surface area contributed by atoms with Gasteiger partial charge in [0.25, 0.3) is 0 Å². The molecule has 8 nitrogen and oxygen atoms in total. The molecule has 0 saturated carbocycles. The Kier molecular flexibility index (Phi) is 5.05. The van der Waals surface area contributed by atoms with Crippen LogP contribution in [-0.2, 0) is 6.18 Å². The predicted molar refractivity (Wildman–Crippen MR) is 105 cm³/mol. The second-order valence-corrected chi connectivity index (χ2v) is 6.71. The number of ether oxygens (including phenoxy) is 2. The third kappa shape index (κ3) is 3.67. The van der Waals surface area contributed by atoms with Crippen LogP contribution in [0.3, 0.4) is 0 Å². The number of pyridine rings is 1. The Morgan fingerprint density at radius 1 is 1.06 bits per heavy atom. The van der Waals surface area contributed by atoms with Crippen LogP contribution in [0.15, 0.2) is 42.9 Å². The van der Waals surface area contributed by atoms with Gasteiger partial charge in [-0.05, 0) is 25.1 Å². The van der Waals surface area contributed by atoms with Crippen molar-refractivity contribution in [3.05, 3.63) is 54.1 Å². The summed E-state index contributed by atoms with van der Waals surface area (Å²) in [5.41, 5.74) is 0.529. The highest BCUT2D eigenvalue weighted by Gasteiger charge is 2.34. The van der Waals surface area contributed by atoms with Crippen molar-refractivity contribution in [2.75, 3.05) is 14.2 Å². The van der Waals surface area contributed by atoms with Crippen LogP contribution in [0.1, 0.15) is 24.3 Å². The monoisotopic (exact) mass is 433 g/mol. The molecule has 1 unspecified atom stereocenters. The van der Waals surface area contributed by atoms with Crippen LogP contribution in [0.4, 0.5) is 13.2 Å². The van der Waals surface area contributed by atoms with Crippen LogP contribution in [-0.4, -0.2) is 43.6 Å². The number of halogens is 3. The van der Waals surface area contributed by atoms with E-state index in [1.165, 1.54) is 27.5 Å². The summed E-state index contributed by atoms with van der Waals surface area (Å²) in [7, 11) is 3.02. The van der Waals surface area contributed by atoms with Gasteiger partial charge in [0.05, 0.1) is 31.4 Å². The van der Waals surface area contributed by atoms with Gasteiger partial charge in [-0.3, -0.25) is 4.57 Å². The Morgan fingerprint density at radius 2 is 1.77 bits per heavy atom. The van der Waals surface area contributed by atoms with E-state index in [1.54, 1.807) is 28.8 Å². The van der Waals surface area contributed by atoms with Crippen LogP contribution in [0.25, 0.3) is 22.7 Å². The Labute approximate surface area is 174 Å². The van der Waals surface area contributed by atoms with Crippen molar-refractivity contribution >= 4 is 11.0 Å². The van der Waals surface area contributed by atoms with Crippen molar-refractivity contribution in [2.24, 2.45) is 0 Å². The predicted octanol–water partition coefficient (Wildman–Crippen LogP) is 3.70. The number of aliphatic hydroxyl groups excluding tert-OH is 1. The Bertz CT molecular complexity index is 1250. The lowest BCUT2D eigenvalue weighted by atomic mass is 10.1. The fourth-order valence-electron chi connectivity index (χ4n) is 3.20. The van der Waals surface area contributed by atoms with Gasteiger partial charge in [-0.2, -0.15) is 18.3 Å². The maximum absolute atomic E-state index is 13.0. The van der Waals surface area contributed by atoms with E-state index in [1.807, 2.05) is 0 Å². The molecular weight excluding hydrogens is 415 g/mol. The van der Waals surface area contributed by atoms with Crippen LogP contribution < -0.4 is 9.47 Å². The molecule has 0 fully saturated rings. The number of hydrogen-bond donors (Lipinski definition) is 1. The molecule has 4 rings (SSSR count). The highest BCUT2D eigenvalue weighted by Crippen LogP contribution is 2.33. The lowest BCUT2D eigenvalue weighted by Crippen LogP contribution is -2.11. The Morgan fingerprint density at radius 3 is 2.39 bits per heavy atom. The van der Waals surface area contributed by atoms with Crippen molar-refractivity contribution in [1.82, 2.24) is 24.3 Å². The number of imidazole rings is 1. The number of hydrogen-bond acceptors (Lipinski definition) is 6. The first-order valence-electron chi connectivity index (χ1n) is 9.14. The molecule has 1 aromatic carbocycles. The fraction of sp³-hybridized carbons (Fsp3) is 0.250. The number of alkyl halides is 3. The quantitative estimate of drug-likeness (QED) is 0.517. The summed E-state index contributed by atoms with van der Waals surface area (Å²) >= 11 is 0. The number of aromatic nitrogens is 5. The van der Waals surface area contributed by atoms with E-state index < -0.39 is 18.0 Å². The van der Waals surface area contributed by atoms with Crippen LogP contribution in [0.2, 0.25) is 0 Å². The molecule has 162 valence electrons. The van der Waals surface area contributed by atoms with E-state index >= 15 is 0 Å². The zero-order valence-corrected chi connectivity index (χ0v) is 16.8. The summed E-state index contributed by atoms with van der Waals surface area (Å²) in [6.45, 7) is 1.50. The molecule has 0 amide bonds. The third-order valence-electron chi connectivity index (χ3n) is 4.74. The standard InChI is InChI=1S/C20H18F3N5O3/c1-11(29)12-4-5-18(25-19(12)28-7-6-17(26-28)20(21,22)23)27-10-24-13-8-15(30-2)16(31-3)9-14(13)27/h4-11,29H,1-3H3. The lowest BCUT2D eigenvalue weighted by Gasteiger charge is -2.14. The highest BCUT2D eigenvalue weighted by atomic mass is 19.4. The summed E-state index contributed by atoms with van der Waals surface area (Å²) in [5.74, 6) is 1.44. The molecular formula is C20H18F3N5O3. The van der Waals surface area contributed by atoms with E-state index in [4.69, 9.17) is 9.47 Å². The molecule has 0 bridgehead atoms. The van der Waals surface area contributed by atoms with Crippen molar-refractivity contribution in [1.29, 1.82) is 0 Å². The van der Waals surface area contributed by atoms with E-state index in [0.29, 0.717) is 33.9 Å². The smallest absolute Gasteiger partial charge is 0.435 e. The number of nitrogens with zero attached hydrogens (tertiary/aromatic N) is 5. The topological polar surface area (TPSA) is 87.2 Å². The molecule has 0 aliphatic heterocycles. The molecule has 3 heterocycles. The molecule has 0 spiro atoms. The Balaban J connectivity index is 1.87. The number of methoxy groups -OCH3 is 2. The number of rotatable bonds is 5. The maximum Gasteiger partial charge on any atom is 0.435 e. The zero-order valence-electron chi connectivity index (χ0n) is 16.8. The molecule has 0 aliphatic carbocycles. The van der Waals surface area contributed by atoms with E-state index in [9.17, 15) is 18.3 Å². The van der Waals surface area contributed by atoms with Gasteiger partial charge in [0.15, 0.2) is 23.0 Å². The number of aliphatic hydroxyl groups is 1. The molecule has 0 aliphatic rings. The highest BCUT2D eigenvalue weighted by molar-refractivity contribution is 5.81. The molecule has 0 saturated heterocycles. The summed E-state index contributed by atoms with van der Waals surface area (Å²) in [5, 5.41) is 13.7. The molecule has 4 aromatic rings. The summed E-state index contributed by atoms with van der Waals surface area (Å²) < 4.78 is 52.3. The lowest BCUT2D eigenvalue weighted by molar-refractivity contribution is -0.141. The maximum atomic E-state index is 13.0. The summed E-state index contributed by atoms with van der Waals surface area (Å²) in [6.07, 6.45) is -2.88. The minimum atomic E-state index is -4.59. The van der Waals surface area contributed by atoms with Gasteiger partial charge < -0.3 is 14.6 Å². The van der Waals surface area contributed by atoms with Crippen LogP contribution >= 0.6 is 0 Å². The average molecular weight is 433 g/mol. The third-order valence-corrected chi connectivity index (χ3v) is 4.74. The number of fused-ring (bicyclic) bond motifs is 1. The average Bonchev–Trinajstić information content (AvgIpc) is 3.39. The van der Waals surface area contributed by atoms with Gasteiger partial charge in [-0.25, -0.2) is 14.6 Å². The number of benzene rings is 1. The molecule has 31 heavy (non-hydrogen) atoms. The molecule has 3 aromatic heterocycles. The van der Waals surface area contributed by atoms with Crippen LogP contribution in [0, 0.1) is 0 Å². The molecule has 0 radical (unpaired) electrons. The van der Waals surface area contributed by atoms with E-state index in [-0.39, 0.29) is 5.82 Å². The van der Waals surface area contributed by atoms with Gasteiger partial charge in [-0.1, -0.05) is 0 Å². The van der Waals surface area contributed by atoms with Crippen molar-refractivity contribution in [3.63, 3.8) is 0 Å². The SMILES string of the molecule is COc1cc2ncn(-c3ccc(C(C)O)c(-n4ccc(C(F)(F)F)n4)n3)c2cc1OC. The van der Waals surface area contributed by atoms with Crippen molar-refractivity contribution in [3.8, 4) is 23.1 Å². The fourth-order valence-corrected chi connectivity index (χ4v) is 3.20. The summed E-state index contributed by atoms with van der Waals surface area (Å²) in [6, 6.07) is 7.50.